The van der Waals surface area contributed by atoms with Gasteiger partial charge in [0.1, 0.15) is 5.75 Å². The largest absolute Gasteiger partial charge is 0.493 e. The highest BCUT2D eigenvalue weighted by Crippen LogP contribution is 2.31. The summed E-state index contributed by atoms with van der Waals surface area (Å²) in [6.07, 6.45) is 0.865. The third kappa shape index (κ3) is 2.78. The minimum absolute atomic E-state index is 0.199. The molecule has 4 rings (SSSR count). The second-order valence-electron chi connectivity index (χ2n) is 6.03. The highest BCUT2D eigenvalue weighted by Gasteiger charge is 2.25. The summed E-state index contributed by atoms with van der Waals surface area (Å²) in [5, 5.41) is 0. The van der Waals surface area contributed by atoms with Crippen molar-refractivity contribution in [3.8, 4) is 17.1 Å². The van der Waals surface area contributed by atoms with Crippen LogP contribution < -0.4 is 9.64 Å². The second kappa shape index (κ2) is 6.09. The lowest BCUT2D eigenvalue weighted by atomic mass is 10.1. The van der Waals surface area contributed by atoms with Crippen molar-refractivity contribution >= 4 is 11.6 Å². The molecule has 0 N–H and O–H groups in total. The van der Waals surface area contributed by atoms with E-state index < -0.39 is 0 Å². The van der Waals surface area contributed by atoms with Crippen molar-refractivity contribution in [2.75, 3.05) is 18.6 Å². The van der Waals surface area contributed by atoms with Crippen molar-refractivity contribution in [1.29, 1.82) is 0 Å². The lowest BCUT2D eigenvalue weighted by Crippen LogP contribution is -2.27. The van der Waals surface area contributed by atoms with Gasteiger partial charge < -0.3 is 14.1 Å². The van der Waals surface area contributed by atoms with Crippen LogP contribution in [0, 0.1) is 6.92 Å². The van der Waals surface area contributed by atoms with E-state index in [1.54, 1.807) is 18.9 Å². The molecule has 0 bridgehead atoms. The lowest BCUT2D eigenvalue weighted by Gasteiger charge is -2.17. The Kier molecular flexibility index (Phi) is 3.76. The highest BCUT2D eigenvalue weighted by molar-refractivity contribution is 6.07. The lowest BCUT2D eigenvalue weighted by molar-refractivity contribution is 0.0989. The standard InChI is InChI=1S/C20H18N2O3/c1-13-21-18(19(25-13)14-6-4-3-5-7-14)20(23)22(2)16-8-9-17-15(12-16)10-11-24-17/h3-9,12H,10-11H2,1-2H3. The molecule has 0 saturated heterocycles. The van der Waals surface area contributed by atoms with E-state index in [4.69, 9.17) is 9.15 Å². The van der Waals surface area contributed by atoms with Gasteiger partial charge in [0.05, 0.1) is 6.61 Å². The Balaban J connectivity index is 1.69. The summed E-state index contributed by atoms with van der Waals surface area (Å²) in [4.78, 5) is 18.9. The van der Waals surface area contributed by atoms with E-state index in [2.05, 4.69) is 4.98 Å². The van der Waals surface area contributed by atoms with Gasteiger partial charge in [-0.2, -0.15) is 0 Å². The van der Waals surface area contributed by atoms with E-state index in [1.165, 1.54) is 0 Å². The zero-order valence-corrected chi connectivity index (χ0v) is 14.2. The van der Waals surface area contributed by atoms with Crippen LogP contribution in [0.4, 0.5) is 5.69 Å². The fourth-order valence-corrected chi connectivity index (χ4v) is 3.01. The van der Waals surface area contributed by atoms with Crippen LogP contribution in [-0.2, 0) is 6.42 Å². The number of fused-ring (bicyclic) bond motifs is 1. The monoisotopic (exact) mass is 334 g/mol. The van der Waals surface area contributed by atoms with Gasteiger partial charge in [0.15, 0.2) is 17.3 Å². The minimum atomic E-state index is -0.199. The number of benzene rings is 2. The van der Waals surface area contributed by atoms with Gasteiger partial charge in [-0.3, -0.25) is 4.79 Å². The summed E-state index contributed by atoms with van der Waals surface area (Å²) in [6, 6.07) is 15.3. The molecule has 0 aliphatic carbocycles. The van der Waals surface area contributed by atoms with Crippen LogP contribution in [0.15, 0.2) is 52.9 Å². The molecule has 1 aromatic heterocycles. The molecule has 0 unspecified atom stereocenters. The average Bonchev–Trinajstić information content (AvgIpc) is 3.26. The van der Waals surface area contributed by atoms with Crippen molar-refractivity contribution in [3.63, 3.8) is 0 Å². The Hall–Kier alpha value is -3.08. The Morgan fingerprint density at radius 3 is 2.76 bits per heavy atom. The van der Waals surface area contributed by atoms with Gasteiger partial charge in [0.2, 0.25) is 0 Å². The summed E-state index contributed by atoms with van der Waals surface area (Å²) in [5.41, 5.74) is 3.09. The third-order valence-electron chi connectivity index (χ3n) is 4.34. The van der Waals surface area contributed by atoms with E-state index in [0.29, 0.717) is 24.0 Å². The predicted octanol–water partition coefficient (Wildman–Crippen LogP) is 3.86. The normalized spacial score (nSPS) is 12.6. The molecular formula is C20H18N2O3. The van der Waals surface area contributed by atoms with Crippen molar-refractivity contribution in [2.45, 2.75) is 13.3 Å². The number of carbonyl (C=O) groups excluding carboxylic acids is 1. The Morgan fingerprint density at radius 1 is 1.16 bits per heavy atom. The molecule has 0 atom stereocenters. The van der Waals surface area contributed by atoms with E-state index in [0.717, 1.165) is 29.0 Å². The molecule has 0 radical (unpaired) electrons. The second-order valence-corrected chi connectivity index (χ2v) is 6.03. The van der Waals surface area contributed by atoms with Crippen LogP contribution in [-0.4, -0.2) is 24.5 Å². The van der Waals surface area contributed by atoms with E-state index in [9.17, 15) is 4.79 Å². The molecule has 126 valence electrons. The molecular weight excluding hydrogens is 316 g/mol. The first-order chi connectivity index (χ1) is 12.1. The molecule has 5 nitrogen and oxygen atoms in total. The minimum Gasteiger partial charge on any atom is -0.493 e. The van der Waals surface area contributed by atoms with Gasteiger partial charge >= 0.3 is 0 Å². The summed E-state index contributed by atoms with van der Waals surface area (Å²) in [7, 11) is 1.75. The molecule has 0 spiro atoms. The maximum Gasteiger partial charge on any atom is 0.280 e. The van der Waals surface area contributed by atoms with Gasteiger partial charge in [-0.05, 0) is 23.8 Å². The van der Waals surface area contributed by atoms with E-state index in [-0.39, 0.29) is 5.91 Å². The smallest absolute Gasteiger partial charge is 0.280 e. The van der Waals surface area contributed by atoms with Gasteiger partial charge in [-0.15, -0.1) is 0 Å². The van der Waals surface area contributed by atoms with Gasteiger partial charge in [0, 0.05) is 31.6 Å². The number of amides is 1. The van der Waals surface area contributed by atoms with Crippen molar-refractivity contribution in [1.82, 2.24) is 4.98 Å². The molecule has 0 fully saturated rings. The topological polar surface area (TPSA) is 55.6 Å². The zero-order chi connectivity index (χ0) is 17.4. The van der Waals surface area contributed by atoms with Crippen LogP contribution in [0.2, 0.25) is 0 Å². The van der Waals surface area contributed by atoms with Crippen LogP contribution >= 0.6 is 0 Å². The molecule has 3 aromatic rings. The number of oxazole rings is 1. The SMILES string of the molecule is Cc1nc(C(=O)N(C)c2ccc3c(c2)CCO3)c(-c2ccccc2)o1. The van der Waals surface area contributed by atoms with E-state index in [1.807, 2.05) is 48.5 Å². The zero-order valence-electron chi connectivity index (χ0n) is 14.2. The summed E-state index contributed by atoms with van der Waals surface area (Å²) < 4.78 is 11.2. The number of aromatic nitrogens is 1. The number of hydrogen-bond acceptors (Lipinski definition) is 4. The highest BCUT2D eigenvalue weighted by atomic mass is 16.5. The number of rotatable bonds is 3. The maximum absolute atomic E-state index is 13.0. The number of hydrogen-bond donors (Lipinski definition) is 0. The number of ether oxygens (including phenoxy) is 1. The summed E-state index contributed by atoms with van der Waals surface area (Å²) >= 11 is 0. The summed E-state index contributed by atoms with van der Waals surface area (Å²) in [5.74, 6) is 1.67. The first kappa shape index (κ1) is 15.4. The molecule has 1 amide bonds. The van der Waals surface area contributed by atoms with Gasteiger partial charge in [0.25, 0.3) is 5.91 Å². The van der Waals surface area contributed by atoms with Crippen molar-refractivity contribution < 1.29 is 13.9 Å². The summed E-state index contributed by atoms with van der Waals surface area (Å²) in [6.45, 7) is 2.44. The third-order valence-corrected chi connectivity index (χ3v) is 4.34. The number of nitrogens with zero attached hydrogens (tertiary/aromatic N) is 2. The first-order valence-corrected chi connectivity index (χ1v) is 8.20. The molecule has 1 aliphatic rings. The first-order valence-electron chi connectivity index (χ1n) is 8.20. The van der Waals surface area contributed by atoms with Crippen LogP contribution in [0.1, 0.15) is 21.9 Å². The van der Waals surface area contributed by atoms with Crippen molar-refractivity contribution in [2.24, 2.45) is 0 Å². The predicted molar refractivity (Wildman–Crippen MR) is 95.1 cm³/mol. The molecule has 1 aliphatic heterocycles. The Morgan fingerprint density at radius 2 is 1.96 bits per heavy atom. The molecule has 5 heteroatoms. The fraction of sp³-hybridized carbons (Fsp3) is 0.200. The Labute approximate surface area is 145 Å². The van der Waals surface area contributed by atoms with Crippen molar-refractivity contribution in [3.05, 3.63) is 65.7 Å². The maximum atomic E-state index is 13.0. The number of aryl methyl sites for hydroxylation is 1. The van der Waals surface area contributed by atoms with Crippen LogP contribution in [0.5, 0.6) is 5.75 Å². The molecule has 25 heavy (non-hydrogen) atoms. The number of carbonyl (C=O) groups is 1. The average molecular weight is 334 g/mol. The van der Waals surface area contributed by atoms with Gasteiger partial charge in [-0.25, -0.2) is 4.98 Å². The van der Waals surface area contributed by atoms with Crippen LogP contribution in [0.25, 0.3) is 11.3 Å². The molecule has 2 heterocycles. The van der Waals surface area contributed by atoms with Gasteiger partial charge in [-0.1, -0.05) is 30.3 Å². The fourth-order valence-electron chi connectivity index (χ4n) is 3.01. The molecule has 2 aromatic carbocycles. The number of anilines is 1. The quantitative estimate of drug-likeness (QED) is 0.730. The Bertz CT molecular complexity index is 931. The molecule has 0 saturated carbocycles. The van der Waals surface area contributed by atoms with Crippen LogP contribution in [0.3, 0.4) is 0 Å². The van der Waals surface area contributed by atoms with E-state index >= 15 is 0 Å².